The maximum atomic E-state index is 12.9. The van der Waals surface area contributed by atoms with Crippen LogP contribution in [0.1, 0.15) is 50.9 Å². The number of hydrogen-bond acceptors (Lipinski definition) is 5. The Morgan fingerprint density at radius 2 is 2.00 bits per heavy atom. The summed E-state index contributed by atoms with van der Waals surface area (Å²) in [4.78, 5) is 32.8. The number of amides is 2. The predicted octanol–water partition coefficient (Wildman–Crippen LogP) is 2.95. The van der Waals surface area contributed by atoms with E-state index in [4.69, 9.17) is 9.47 Å². The van der Waals surface area contributed by atoms with E-state index in [9.17, 15) is 9.59 Å². The highest BCUT2D eigenvalue weighted by Crippen LogP contribution is 2.29. The standard InChI is InChI=1S/C20H29N3O4/c1-14-12-22(19(25)27-20(2,3)4)9-10-23(14)18(24)16-7-8-21-17(11-16)26-13-15-5-6-15/h7-8,11,14-15H,5-6,9-10,12-13H2,1-4H3/t14-/m1/s1. The third-order valence-corrected chi connectivity index (χ3v) is 4.69. The fourth-order valence-electron chi connectivity index (χ4n) is 3.03. The Morgan fingerprint density at radius 3 is 2.63 bits per heavy atom. The highest BCUT2D eigenvalue weighted by Gasteiger charge is 2.32. The van der Waals surface area contributed by atoms with Crippen molar-refractivity contribution in [3.05, 3.63) is 23.9 Å². The third kappa shape index (κ3) is 5.34. The summed E-state index contributed by atoms with van der Waals surface area (Å²) in [6, 6.07) is 3.32. The Labute approximate surface area is 160 Å². The normalized spacial score (nSPS) is 20.4. The average Bonchev–Trinajstić information content (AvgIpc) is 3.42. The average molecular weight is 375 g/mol. The molecule has 0 N–H and O–H groups in total. The van der Waals surface area contributed by atoms with Crippen LogP contribution in [0.25, 0.3) is 0 Å². The van der Waals surface area contributed by atoms with E-state index in [1.165, 1.54) is 12.8 Å². The Kier molecular flexibility index (Phi) is 5.58. The van der Waals surface area contributed by atoms with E-state index in [0.29, 0.717) is 43.6 Å². The van der Waals surface area contributed by atoms with Gasteiger partial charge in [0.2, 0.25) is 5.88 Å². The van der Waals surface area contributed by atoms with E-state index in [1.807, 2.05) is 27.7 Å². The van der Waals surface area contributed by atoms with Crippen LogP contribution in [0, 0.1) is 5.92 Å². The summed E-state index contributed by atoms with van der Waals surface area (Å²) in [5.74, 6) is 1.06. The molecule has 7 nitrogen and oxygen atoms in total. The molecule has 0 unspecified atom stereocenters. The number of rotatable bonds is 4. The molecular formula is C20H29N3O4. The lowest BCUT2D eigenvalue weighted by Gasteiger charge is -2.40. The van der Waals surface area contributed by atoms with E-state index in [2.05, 4.69) is 4.98 Å². The van der Waals surface area contributed by atoms with E-state index < -0.39 is 5.60 Å². The van der Waals surface area contributed by atoms with Crippen LogP contribution in [-0.4, -0.2) is 64.7 Å². The largest absolute Gasteiger partial charge is 0.477 e. The first-order valence-electron chi connectivity index (χ1n) is 9.60. The lowest BCUT2D eigenvalue weighted by Crippen LogP contribution is -2.56. The van der Waals surface area contributed by atoms with Gasteiger partial charge in [-0.05, 0) is 52.5 Å². The van der Waals surface area contributed by atoms with Gasteiger partial charge in [0, 0.05) is 43.5 Å². The van der Waals surface area contributed by atoms with Crippen LogP contribution in [0.3, 0.4) is 0 Å². The number of ether oxygens (including phenoxy) is 2. The van der Waals surface area contributed by atoms with Crippen molar-refractivity contribution in [1.29, 1.82) is 0 Å². The van der Waals surface area contributed by atoms with Crippen molar-refractivity contribution in [2.24, 2.45) is 5.92 Å². The fourth-order valence-corrected chi connectivity index (χ4v) is 3.03. The molecule has 0 spiro atoms. The van der Waals surface area contributed by atoms with E-state index in [1.54, 1.807) is 28.1 Å². The summed E-state index contributed by atoms with van der Waals surface area (Å²) >= 11 is 0. The van der Waals surface area contributed by atoms with Crippen LogP contribution in [0.15, 0.2) is 18.3 Å². The van der Waals surface area contributed by atoms with Crippen molar-refractivity contribution in [3.8, 4) is 5.88 Å². The summed E-state index contributed by atoms with van der Waals surface area (Å²) in [5.41, 5.74) is 0.0367. The number of aromatic nitrogens is 1. The van der Waals surface area contributed by atoms with Crippen molar-refractivity contribution in [3.63, 3.8) is 0 Å². The zero-order valence-electron chi connectivity index (χ0n) is 16.6. The Bertz CT molecular complexity index is 697. The van der Waals surface area contributed by atoms with Crippen molar-refractivity contribution in [2.75, 3.05) is 26.2 Å². The van der Waals surface area contributed by atoms with Gasteiger partial charge in [0.05, 0.1) is 6.61 Å². The smallest absolute Gasteiger partial charge is 0.410 e. The second-order valence-electron chi connectivity index (χ2n) is 8.41. The number of nitrogens with zero attached hydrogens (tertiary/aromatic N) is 3. The van der Waals surface area contributed by atoms with Crippen molar-refractivity contribution < 1.29 is 19.1 Å². The minimum atomic E-state index is -0.527. The molecule has 1 saturated carbocycles. The van der Waals surface area contributed by atoms with Gasteiger partial charge >= 0.3 is 6.09 Å². The molecule has 2 amide bonds. The molecular weight excluding hydrogens is 346 g/mol. The molecule has 148 valence electrons. The highest BCUT2D eigenvalue weighted by molar-refractivity contribution is 5.94. The van der Waals surface area contributed by atoms with Gasteiger partial charge in [-0.25, -0.2) is 9.78 Å². The minimum Gasteiger partial charge on any atom is -0.477 e. The summed E-state index contributed by atoms with van der Waals surface area (Å²) in [6.45, 7) is 9.54. The quantitative estimate of drug-likeness (QED) is 0.809. The summed E-state index contributed by atoms with van der Waals surface area (Å²) in [6.07, 6.45) is 3.69. The molecule has 3 rings (SSSR count). The molecule has 1 saturated heterocycles. The van der Waals surface area contributed by atoms with Crippen molar-refractivity contribution >= 4 is 12.0 Å². The van der Waals surface area contributed by atoms with Gasteiger partial charge in [-0.15, -0.1) is 0 Å². The van der Waals surface area contributed by atoms with Gasteiger partial charge in [-0.2, -0.15) is 0 Å². The summed E-state index contributed by atoms with van der Waals surface area (Å²) in [5, 5.41) is 0. The zero-order chi connectivity index (χ0) is 19.6. The Balaban J connectivity index is 1.59. The first-order chi connectivity index (χ1) is 12.7. The van der Waals surface area contributed by atoms with Gasteiger partial charge in [0.1, 0.15) is 5.60 Å². The van der Waals surface area contributed by atoms with Crippen LogP contribution in [0.2, 0.25) is 0 Å². The number of hydrogen-bond donors (Lipinski definition) is 0. The molecule has 1 aromatic heterocycles. The predicted molar refractivity (Wildman–Crippen MR) is 101 cm³/mol. The Hall–Kier alpha value is -2.31. The second kappa shape index (κ2) is 7.74. The minimum absolute atomic E-state index is 0.0648. The molecule has 2 heterocycles. The van der Waals surface area contributed by atoms with Gasteiger partial charge in [-0.3, -0.25) is 4.79 Å². The zero-order valence-corrected chi connectivity index (χ0v) is 16.6. The molecule has 0 radical (unpaired) electrons. The molecule has 27 heavy (non-hydrogen) atoms. The topological polar surface area (TPSA) is 72.0 Å². The van der Waals surface area contributed by atoms with E-state index in [-0.39, 0.29) is 18.0 Å². The monoisotopic (exact) mass is 375 g/mol. The number of carbonyl (C=O) groups excluding carboxylic acids is 2. The molecule has 0 bridgehead atoms. The maximum absolute atomic E-state index is 12.9. The molecule has 2 fully saturated rings. The second-order valence-corrected chi connectivity index (χ2v) is 8.41. The molecule has 1 atom stereocenters. The number of piperazine rings is 1. The number of carbonyl (C=O) groups is 2. The molecule has 0 aromatic carbocycles. The first-order valence-corrected chi connectivity index (χ1v) is 9.60. The van der Waals surface area contributed by atoms with Crippen LogP contribution in [0.5, 0.6) is 5.88 Å². The first kappa shape index (κ1) is 19.5. The van der Waals surface area contributed by atoms with Gasteiger partial charge in [0.25, 0.3) is 5.91 Å². The SMILES string of the molecule is C[C@@H]1CN(C(=O)OC(C)(C)C)CCN1C(=O)c1ccnc(OCC2CC2)c1. The molecule has 7 heteroatoms. The van der Waals surface area contributed by atoms with Gasteiger partial charge in [0.15, 0.2) is 0 Å². The number of pyridine rings is 1. The fraction of sp³-hybridized carbons (Fsp3) is 0.650. The highest BCUT2D eigenvalue weighted by atomic mass is 16.6. The molecule has 1 aliphatic heterocycles. The summed E-state index contributed by atoms with van der Waals surface area (Å²) in [7, 11) is 0. The van der Waals surface area contributed by atoms with Crippen LogP contribution >= 0.6 is 0 Å². The maximum Gasteiger partial charge on any atom is 0.410 e. The van der Waals surface area contributed by atoms with E-state index in [0.717, 1.165) is 0 Å². The Morgan fingerprint density at radius 1 is 1.26 bits per heavy atom. The molecule has 1 aromatic rings. The lowest BCUT2D eigenvalue weighted by molar-refractivity contribution is 0.00616. The molecule has 2 aliphatic rings. The van der Waals surface area contributed by atoms with Crippen LogP contribution in [0.4, 0.5) is 4.79 Å². The van der Waals surface area contributed by atoms with Crippen molar-refractivity contribution in [1.82, 2.24) is 14.8 Å². The van der Waals surface area contributed by atoms with Crippen molar-refractivity contribution in [2.45, 2.75) is 52.2 Å². The van der Waals surface area contributed by atoms with Crippen LogP contribution < -0.4 is 4.74 Å². The van der Waals surface area contributed by atoms with E-state index >= 15 is 0 Å². The third-order valence-electron chi connectivity index (χ3n) is 4.69. The summed E-state index contributed by atoms with van der Waals surface area (Å²) < 4.78 is 11.1. The van der Waals surface area contributed by atoms with Gasteiger partial charge in [-0.1, -0.05) is 0 Å². The molecule has 1 aliphatic carbocycles. The van der Waals surface area contributed by atoms with Crippen LogP contribution in [-0.2, 0) is 4.74 Å². The van der Waals surface area contributed by atoms with Gasteiger partial charge < -0.3 is 19.3 Å². The lowest BCUT2D eigenvalue weighted by atomic mass is 10.1.